The van der Waals surface area contributed by atoms with Crippen LogP contribution in [0, 0.1) is 5.82 Å². The molecule has 0 spiro atoms. The van der Waals surface area contributed by atoms with Crippen LogP contribution in [0.5, 0.6) is 0 Å². The van der Waals surface area contributed by atoms with Crippen molar-refractivity contribution in [1.82, 2.24) is 14.8 Å². The van der Waals surface area contributed by atoms with E-state index >= 15 is 0 Å². The van der Waals surface area contributed by atoms with Gasteiger partial charge in [0.2, 0.25) is 0 Å². The second-order valence-electron chi connectivity index (χ2n) is 3.92. The third-order valence-corrected chi connectivity index (χ3v) is 3.18. The predicted octanol–water partition coefficient (Wildman–Crippen LogP) is 3.18. The fourth-order valence-corrected chi connectivity index (χ4v) is 2.09. The van der Waals surface area contributed by atoms with Gasteiger partial charge in [0.15, 0.2) is 5.82 Å². The Morgan fingerprint density at radius 3 is 2.94 bits per heavy atom. The maximum atomic E-state index is 13.7. The molecule has 1 aliphatic rings. The molecule has 2 aromatic rings. The van der Waals surface area contributed by atoms with Gasteiger partial charge in [-0.05, 0) is 31.0 Å². The molecular weight excluding hydrogens is 273 g/mol. The van der Waals surface area contributed by atoms with Crippen molar-refractivity contribution in [3.8, 4) is 11.4 Å². The molecule has 16 heavy (non-hydrogen) atoms. The van der Waals surface area contributed by atoms with Gasteiger partial charge in [0.05, 0.1) is 5.56 Å². The van der Waals surface area contributed by atoms with Crippen LogP contribution in [0.25, 0.3) is 11.4 Å². The first-order chi connectivity index (χ1) is 7.75. The van der Waals surface area contributed by atoms with Crippen LogP contribution in [-0.2, 0) is 0 Å². The number of hydrogen-bond donors (Lipinski definition) is 0. The van der Waals surface area contributed by atoms with Gasteiger partial charge in [0, 0.05) is 10.5 Å². The normalized spacial score (nSPS) is 15.4. The summed E-state index contributed by atoms with van der Waals surface area (Å²) in [5.41, 5.74) is 0.499. The van der Waals surface area contributed by atoms with Gasteiger partial charge >= 0.3 is 0 Å². The van der Waals surface area contributed by atoms with Crippen LogP contribution in [-0.4, -0.2) is 14.8 Å². The molecule has 0 atom stereocenters. The standard InChI is InChI=1S/C11H9BrFN3/c12-7-1-4-10(13)9(5-7)11-15-14-6-16(11)8-2-3-8/h1,4-6,8H,2-3H2. The van der Waals surface area contributed by atoms with Crippen LogP contribution < -0.4 is 0 Å². The van der Waals surface area contributed by atoms with Gasteiger partial charge in [-0.1, -0.05) is 15.9 Å². The third kappa shape index (κ3) is 1.65. The summed E-state index contributed by atoms with van der Waals surface area (Å²) in [6.07, 6.45) is 3.93. The van der Waals surface area contributed by atoms with Gasteiger partial charge in [-0.2, -0.15) is 0 Å². The summed E-state index contributed by atoms with van der Waals surface area (Å²) in [6, 6.07) is 5.30. The van der Waals surface area contributed by atoms with Crippen molar-refractivity contribution < 1.29 is 4.39 Å². The van der Waals surface area contributed by atoms with Gasteiger partial charge in [-0.3, -0.25) is 0 Å². The zero-order chi connectivity index (χ0) is 11.1. The van der Waals surface area contributed by atoms with Crippen molar-refractivity contribution in [2.75, 3.05) is 0 Å². The fourth-order valence-electron chi connectivity index (χ4n) is 1.72. The van der Waals surface area contributed by atoms with Crippen molar-refractivity contribution in [2.45, 2.75) is 18.9 Å². The summed E-state index contributed by atoms with van der Waals surface area (Å²) in [4.78, 5) is 0. The summed E-state index contributed by atoms with van der Waals surface area (Å²) in [7, 11) is 0. The molecule has 82 valence electrons. The van der Waals surface area contributed by atoms with E-state index < -0.39 is 0 Å². The Bertz CT molecular complexity index is 534. The first-order valence-corrected chi connectivity index (χ1v) is 5.90. The number of benzene rings is 1. The van der Waals surface area contributed by atoms with Gasteiger partial charge < -0.3 is 4.57 Å². The molecule has 0 unspecified atom stereocenters. The van der Waals surface area contributed by atoms with Gasteiger partial charge in [-0.15, -0.1) is 10.2 Å². The SMILES string of the molecule is Fc1ccc(Br)cc1-c1nncn1C1CC1. The zero-order valence-corrected chi connectivity index (χ0v) is 9.98. The molecule has 0 amide bonds. The quantitative estimate of drug-likeness (QED) is 0.847. The molecule has 5 heteroatoms. The van der Waals surface area contributed by atoms with Crippen molar-refractivity contribution in [3.05, 3.63) is 34.8 Å². The second kappa shape index (κ2) is 3.66. The molecule has 0 N–H and O–H groups in total. The Hall–Kier alpha value is -1.23. The molecule has 0 bridgehead atoms. The number of halogens is 2. The summed E-state index contributed by atoms with van der Waals surface area (Å²) < 4.78 is 16.5. The highest BCUT2D eigenvalue weighted by molar-refractivity contribution is 9.10. The van der Waals surface area contributed by atoms with Crippen molar-refractivity contribution in [3.63, 3.8) is 0 Å². The van der Waals surface area contributed by atoms with Crippen LogP contribution in [0.15, 0.2) is 29.0 Å². The minimum Gasteiger partial charge on any atom is -0.310 e. The number of nitrogens with zero attached hydrogens (tertiary/aromatic N) is 3. The Labute approximate surface area is 100 Å². The average molecular weight is 282 g/mol. The van der Waals surface area contributed by atoms with E-state index in [0.717, 1.165) is 17.3 Å². The molecular formula is C11H9BrFN3. The van der Waals surface area contributed by atoms with E-state index in [1.54, 1.807) is 18.5 Å². The Kier molecular flexibility index (Phi) is 2.28. The Morgan fingerprint density at radius 1 is 1.38 bits per heavy atom. The van der Waals surface area contributed by atoms with Crippen LogP contribution >= 0.6 is 15.9 Å². The van der Waals surface area contributed by atoms with Crippen LogP contribution in [0.2, 0.25) is 0 Å². The molecule has 0 aliphatic heterocycles. The van der Waals surface area contributed by atoms with Gasteiger partial charge in [0.25, 0.3) is 0 Å². The molecule has 1 aromatic carbocycles. The van der Waals surface area contributed by atoms with E-state index in [9.17, 15) is 4.39 Å². The molecule has 0 saturated heterocycles. The van der Waals surface area contributed by atoms with Crippen LogP contribution in [0.3, 0.4) is 0 Å². The predicted molar refractivity (Wildman–Crippen MR) is 61.4 cm³/mol. The first kappa shape index (κ1) is 9.96. The van der Waals surface area contributed by atoms with E-state index in [-0.39, 0.29) is 5.82 Å². The van der Waals surface area contributed by atoms with Gasteiger partial charge in [-0.25, -0.2) is 4.39 Å². The van der Waals surface area contributed by atoms with Crippen molar-refractivity contribution >= 4 is 15.9 Å². The van der Waals surface area contributed by atoms with E-state index in [0.29, 0.717) is 17.4 Å². The maximum Gasteiger partial charge on any atom is 0.167 e. The van der Waals surface area contributed by atoms with E-state index in [4.69, 9.17) is 0 Å². The highest BCUT2D eigenvalue weighted by atomic mass is 79.9. The maximum absolute atomic E-state index is 13.7. The Balaban J connectivity index is 2.13. The molecule has 1 fully saturated rings. The fraction of sp³-hybridized carbons (Fsp3) is 0.273. The minimum atomic E-state index is -0.266. The lowest BCUT2D eigenvalue weighted by Crippen LogP contribution is -1.97. The lowest BCUT2D eigenvalue weighted by Gasteiger charge is -2.05. The summed E-state index contributed by atoms with van der Waals surface area (Å²) in [5.74, 6) is 0.347. The largest absolute Gasteiger partial charge is 0.310 e. The van der Waals surface area contributed by atoms with E-state index in [1.165, 1.54) is 6.07 Å². The molecule has 1 heterocycles. The van der Waals surface area contributed by atoms with Crippen molar-refractivity contribution in [2.24, 2.45) is 0 Å². The number of hydrogen-bond acceptors (Lipinski definition) is 2. The van der Waals surface area contributed by atoms with Crippen molar-refractivity contribution in [1.29, 1.82) is 0 Å². The molecule has 1 aliphatic carbocycles. The molecule has 3 rings (SSSR count). The van der Waals surface area contributed by atoms with E-state index in [2.05, 4.69) is 26.1 Å². The summed E-state index contributed by atoms with van der Waals surface area (Å²) in [6.45, 7) is 0. The summed E-state index contributed by atoms with van der Waals surface area (Å²) >= 11 is 3.33. The highest BCUT2D eigenvalue weighted by Gasteiger charge is 2.27. The Morgan fingerprint density at radius 2 is 2.19 bits per heavy atom. The first-order valence-electron chi connectivity index (χ1n) is 5.10. The molecule has 1 saturated carbocycles. The smallest absolute Gasteiger partial charge is 0.167 e. The second-order valence-corrected chi connectivity index (χ2v) is 4.83. The summed E-state index contributed by atoms with van der Waals surface area (Å²) in [5, 5.41) is 7.86. The van der Waals surface area contributed by atoms with E-state index in [1.807, 2.05) is 4.57 Å². The highest BCUT2D eigenvalue weighted by Crippen LogP contribution is 2.38. The topological polar surface area (TPSA) is 30.7 Å². The number of aromatic nitrogens is 3. The zero-order valence-electron chi connectivity index (χ0n) is 8.40. The molecule has 1 aromatic heterocycles. The monoisotopic (exact) mass is 281 g/mol. The van der Waals surface area contributed by atoms with Crippen LogP contribution in [0.4, 0.5) is 4.39 Å². The third-order valence-electron chi connectivity index (χ3n) is 2.68. The average Bonchev–Trinajstić information content (AvgIpc) is 3.01. The van der Waals surface area contributed by atoms with Gasteiger partial charge in [0.1, 0.15) is 12.1 Å². The lowest BCUT2D eigenvalue weighted by atomic mass is 10.2. The molecule has 0 radical (unpaired) electrons. The van der Waals surface area contributed by atoms with Crippen LogP contribution in [0.1, 0.15) is 18.9 Å². The minimum absolute atomic E-state index is 0.266. The lowest BCUT2D eigenvalue weighted by molar-refractivity contribution is 0.626. The molecule has 3 nitrogen and oxygen atoms in total. The number of rotatable bonds is 2.